The van der Waals surface area contributed by atoms with Crippen LogP contribution in [0.4, 0.5) is 5.82 Å². The number of aryl methyl sites for hydroxylation is 1. The van der Waals surface area contributed by atoms with Crippen LogP contribution >= 0.6 is 0 Å². The summed E-state index contributed by atoms with van der Waals surface area (Å²) in [5.74, 6) is 0.0857. The maximum Gasteiger partial charge on any atom is 0.256 e. The van der Waals surface area contributed by atoms with E-state index in [0.717, 1.165) is 18.5 Å². The molecule has 31 heavy (non-hydrogen) atoms. The van der Waals surface area contributed by atoms with E-state index >= 15 is 0 Å². The van der Waals surface area contributed by atoms with Gasteiger partial charge in [0.2, 0.25) is 0 Å². The molecule has 2 N–H and O–H groups in total. The third kappa shape index (κ3) is 9.77. The maximum absolute atomic E-state index is 12.5. The lowest BCUT2D eigenvalue weighted by atomic mass is 10.1. The van der Waals surface area contributed by atoms with Crippen LogP contribution in [0.2, 0.25) is 0 Å². The van der Waals surface area contributed by atoms with Gasteiger partial charge >= 0.3 is 0 Å². The van der Waals surface area contributed by atoms with Gasteiger partial charge in [0.25, 0.3) is 11.8 Å². The van der Waals surface area contributed by atoms with Crippen molar-refractivity contribution < 1.29 is 9.59 Å². The quantitative estimate of drug-likeness (QED) is 0.351. The number of hydrogen-bond acceptors (Lipinski definition) is 3. The second-order valence-electron chi connectivity index (χ2n) is 8.14. The molecule has 0 unspecified atom stereocenters. The highest BCUT2D eigenvalue weighted by molar-refractivity contribution is 6.05. The predicted molar refractivity (Wildman–Crippen MR) is 128 cm³/mol. The Labute approximate surface area is 187 Å². The second kappa shape index (κ2) is 14.3. The van der Waals surface area contributed by atoms with Crippen LogP contribution in [-0.2, 0) is 0 Å². The summed E-state index contributed by atoms with van der Waals surface area (Å²) in [6, 6.07) is 12.2. The van der Waals surface area contributed by atoms with Gasteiger partial charge in [0.1, 0.15) is 5.82 Å². The molecule has 5 heteroatoms. The van der Waals surface area contributed by atoms with Gasteiger partial charge in [-0.3, -0.25) is 9.59 Å². The van der Waals surface area contributed by atoms with Crippen LogP contribution < -0.4 is 10.6 Å². The smallest absolute Gasteiger partial charge is 0.256 e. The minimum atomic E-state index is -0.276. The average Bonchev–Trinajstić information content (AvgIpc) is 2.77. The molecule has 0 fully saturated rings. The molecule has 0 aliphatic heterocycles. The molecule has 5 nitrogen and oxygen atoms in total. The van der Waals surface area contributed by atoms with E-state index in [0.29, 0.717) is 23.5 Å². The van der Waals surface area contributed by atoms with Crippen molar-refractivity contribution in [1.29, 1.82) is 0 Å². The number of pyridine rings is 1. The lowest BCUT2D eigenvalue weighted by Crippen LogP contribution is -2.25. The molecule has 0 saturated carbocycles. The van der Waals surface area contributed by atoms with Crippen LogP contribution in [0.15, 0.2) is 42.5 Å². The van der Waals surface area contributed by atoms with E-state index in [-0.39, 0.29) is 11.8 Å². The number of anilines is 1. The fraction of sp³-hybridized carbons (Fsp3) is 0.500. The molecule has 0 saturated heterocycles. The zero-order valence-electron chi connectivity index (χ0n) is 19.1. The van der Waals surface area contributed by atoms with E-state index in [9.17, 15) is 9.59 Å². The van der Waals surface area contributed by atoms with E-state index in [1.54, 1.807) is 30.3 Å². The highest BCUT2D eigenvalue weighted by atomic mass is 16.2. The molecule has 0 aliphatic rings. The third-order valence-corrected chi connectivity index (χ3v) is 5.33. The molecule has 2 rings (SSSR count). The van der Waals surface area contributed by atoms with Gasteiger partial charge in [-0.15, -0.1) is 0 Å². The zero-order valence-corrected chi connectivity index (χ0v) is 19.1. The van der Waals surface area contributed by atoms with Gasteiger partial charge in [0.05, 0.1) is 0 Å². The van der Waals surface area contributed by atoms with Gasteiger partial charge in [0, 0.05) is 23.4 Å². The molecule has 1 heterocycles. The van der Waals surface area contributed by atoms with E-state index in [4.69, 9.17) is 0 Å². The number of nitrogens with zero attached hydrogens (tertiary/aromatic N) is 1. The normalized spacial score (nSPS) is 10.6. The summed E-state index contributed by atoms with van der Waals surface area (Å²) in [5.41, 5.74) is 1.77. The van der Waals surface area contributed by atoms with Crippen molar-refractivity contribution in [2.24, 2.45) is 0 Å². The van der Waals surface area contributed by atoms with Crippen molar-refractivity contribution in [2.75, 3.05) is 11.9 Å². The molecule has 168 valence electrons. The Morgan fingerprint density at radius 2 is 1.35 bits per heavy atom. The second-order valence-corrected chi connectivity index (χ2v) is 8.14. The first kappa shape index (κ1) is 24.6. The molecule has 0 radical (unpaired) electrons. The summed E-state index contributed by atoms with van der Waals surface area (Å²) < 4.78 is 0. The van der Waals surface area contributed by atoms with Gasteiger partial charge < -0.3 is 10.6 Å². The van der Waals surface area contributed by atoms with Gasteiger partial charge in [0.15, 0.2) is 0 Å². The first-order chi connectivity index (χ1) is 15.1. The van der Waals surface area contributed by atoms with Crippen LogP contribution in [0.5, 0.6) is 0 Å². The molecular formula is C26H37N3O2. The largest absolute Gasteiger partial charge is 0.352 e. The summed E-state index contributed by atoms with van der Waals surface area (Å²) in [5, 5.41) is 5.74. The number of hydrogen-bond donors (Lipinski definition) is 2. The Balaban J connectivity index is 1.66. The fourth-order valence-electron chi connectivity index (χ4n) is 3.52. The highest BCUT2D eigenvalue weighted by Gasteiger charge is 2.11. The Morgan fingerprint density at radius 3 is 2.00 bits per heavy atom. The summed E-state index contributed by atoms with van der Waals surface area (Å²) in [7, 11) is 0. The monoisotopic (exact) mass is 423 g/mol. The van der Waals surface area contributed by atoms with Crippen LogP contribution in [-0.4, -0.2) is 23.3 Å². The Kier molecular flexibility index (Phi) is 11.4. The van der Waals surface area contributed by atoms with Crippen molar-refractivity contribution in [3.63, 3.8) is 0 Å². The van der Waals surface area contributed by atoms with Gasteiger partial charge in [-0.2, -0.15) is 0 Å². The number of rotatable bonds is 14. The Hall–Kier alpha value is -2.69. The Bertz CT molecular complexity index is 820. The molecule has 1 aromatic heterocycles. The molecule has 1 aromatic carbocycles. The van der Waals surface area contributed by atoms with E-state index in [2.05, 4.69) is 22.5 Å². The van der Waals surface area contributed by atoms with E-state index in [1.807, 2.05) is 19.1 Å². The number of carbonyl (C=O) groups excluding carboxylic acids is 2. The van der Waals surface area contributed by atoms with Crippen molar-refractivity contribution in [3.05, 3.63) is 59.3 Å². The molecule has 0 atom stereocenters. The minimum absolute atomic E-state index is 0.140. The predicted octanol–water partition coefficient (Wildman–Crippen LogP) is 6.29. The van der Waals surface area contributed by atoms with Crippen LogP contribution in [0.1, 0.15) is 97.5 Å². The first-order valence-corrected chi connectivity index (χ1v) is 11.7. The number of amides is 2. The zero-order chi connectivity index (χ0) is 22.3. The molecule has 0 spiro atoms. The highest BCUT2D eigenvalue weighted by Crippen LogP contribution is 2.11. The van der Waals surface area contributed by atoms with Crippen molar-refractivity contribution in [2.45, 2.75) is 78.1 Å². The molecule has 0 aliphatic carbocycles. The molecular weight excluding hydrogens is 386 g/mol. The summed E-state index contributed by atoms with van der Waals surface area (Å²) in [6.07, 6.45) is 12.7. The van der Waals surface area contributed by atoms with Crippen LogP contribution in [0.3, 0.4) is 0 Å². The lowest BCUT2D eigenvalue weighted by molar-refractivity contribution is 0.0953. The van der Waals surface area contributed by atoms with Crippen LogP contribution in [0, 0.1) is 6.92 Å². The maximum atomic E-state index is 12.5. The average molecular weight is 424 g/mol. The van der Waals surface area contributed by atoms with Gasteiger partial charge in [-0.05, 0) is 43.7 Å². The van der Waals surface area contributed by atoms with Crippen molar-refractivity contribution >= 4 is 17.6 Å². The van der Waals surface area contributed by atoms with Crippen molar-refractivity contribution in [1.82, 2.24) is 10.3 Å². The fourth-order valence-corrected chi connectivity index (χ4v) is 3.52. The van der Waals surface area contributed by atoms with Gasteiger partial charge in [-0.1, -0.05) is 76.8 Å². The number of unbranched alkanes of at least 4 members (excludes halogenated alkanes) is 9. The van der Waals surface area contributed by atoms with Crippen molar-refractivity contribution in [3.8, 4) is 0 Å². The van der Waals surface area contributed by atoms with E-state index < -0.39 is 0 Å². The summed E-state index contributed by atoms with van der Waals surface area (Å²) >= 11 is 0. The number of nitrogens with one attached hydrogen (secondary N) is 2. The Morgan fingerprint density at radius 1 is 0.774 bits per heavy atom. The summed E-state index contributed by atoms with van der Waals surface area (Å²) in [4.78, 5) is 29.2. The SMILES string of the molecule is CCCCCCCCCCCCNC(=O)c1cccc(C(=O)Nc2cccc(C)n2)c1. The topological polar surface area (TPSA) is 71.1 Å². The van der Waals surface area contributed by atoms with Gasteiger partial charge in [-0.25, -0.2) is 4.98 Å². The molecule has 0 bridgehead atoms. The van der Waals surface area contributed by atoms with E-state index in [1.165, 1.54) is 51.4 Å². The molecule has 2 amide bonds. The number of aromatic nitrogens is 1. The van der Waals surface area contributed by atoms with Crippen LogP contribution in [0.25, 0.3) is 0 Å². The third-order valence-electron chi connectivity index (χ3n) is 5.33. The molecule has 2 aromatic rings. The first-order valence-electron chi connectivity index (χ1n) is 11.7. The minimum Gasteiger partial charge on any atom is -0.352 e. The lowest BCUT2D eigenvalue weighted by Gasteiger charge is -2.08. The standard InChI is InChI=1S/C26H37N3O2/c1-3-4-5-6-7-8-9-10-11-12-19-27-25(30)22-16-14-17-23(20-22)26(31)29-24-18-13-15-21(2)28-24/h13-18,20H,3-12,19H2,1-2H3,(H,27,30)(H,28,29,31). The number of benzene rings is 1. The summed E-state index contributed by atoms with van der Waals surface area (Å²) in [6.45, 7) is 4.78. The number of carbonyl (C=O) groups is 2.